The molecule has 0 radical (unpaired) electrons. The second-order valence-corrected chi connectivity index (χ2v) is 19.2. The lowest BCUT2D eigenvalue weighted by atomic mass is 9.90. The summed E-state index contributed by atoms with van der Waals surface area (Å²) in [7, 11) is 0. The molecule has 0 amide bonds. The number of rotatable bonds is 8. The van der Waals surface area contributed by atoms with Crippen LogP contribution in [0.2, 0.25) is 0 Å². The summed E-state index contributed by atoms with van der Waals surface area (Å²) in [5.74, 6) is 0. The van der Waals surface area contributed by atoms with Crippen LogP contribution >= 0.6 is 0 Å². The van der Waals surface area contributed by atoms with Crippen molar-refractivity contribution in [2.75, 3.05) is 0 Å². The minimum Gasteiger partial charge on any atom is -0.243 e. The predicted molar refractivity (Wildman–Crippen MR) is 313 cm³/mol. The standard InChI is InChI=1S/C72H46N2/c1-3-17-47(18-4-1)53-25-15-27-59(43-53)65-41-42-66(60-28-16-26-54(44-60)48-19-5-2-6-20-48)72-71(65)73-69(51-37-33-49(34-38-51)67-61-29-11-7-21-55(61)45-56-22-8-12-30-62(56)67)70(74-72)52-39-35-50(36-40-52)68-63-31-13-9-23-57(63)46-58-24-10-14-32-64(58)68/h1-46H. The molecule has 0 fully saturated rings. The van der Waals surface area contributed by atoms with E-state index in [0.29, 0.717) is 0 Å². The molecular weight excluding hydrogens is 893 g/mol. The number of benzene rings is 13. The van der Waals surface area contributed by atoms with Crippen molar-refractivity contribution >= 4 is 54.1 Å². The van der Waals surface area contributed by atoms with Gasteiger partial charge in [-0.05, 0) is 123 Å². The van der Waals surface area contributed by atoms with Crippen LogP contribution in [0.1, 0.15) is 0 Å². The van der Waals surface area contributed by atoms with Gasteiger partial charge >= 0.3 is 0 Å². The SMILES string of the molecule is c1ccc(-c2cccc(-c3ccc(-c4cccc(-c5ccccc5)c4)c4nc(-c5ccc(-c6c7ccccc7cc7ccccc67)cc5)c(-c5ccc(-c6c7ccccc7cc7ccccc67)cc5)nc34)c2)cc1. The van der Waals surface area contributed by atoms with Gasteiger partial charge in [0.05, 0.1) is 22.4 Å². The Morgan fingerprint density at radius 1 is 0.189 bits per heavy atom. The van der Waals surface area contributed by atoms with E-state index in [-0.39, 0.29) is 0 Å². The van der Waals surface area contributed by atoms with E-state index in [9.17, 15) is 0 Å². The van der Waals surface area contributed by atoms with E-state index in [1.165, 1.54) is 65.3 Å². The largest absolute Gasteiger partial charge is 0.243 e. The smallest absolute Gasteiger partial charge is 0.0979 e. The fraction of sp³-hybridized carbons (Fsp3) is 0. The number of fused-ring (bicyclic) bond motifs is 5. The Hall–Kier alpha value is -9.76. The van der Waals surface area contributed by atoms with Gasteiger partial charge in [0.15, 0.2) is 0 Å². The highest BCUT2D eigenvalue weighted by atomic mass is 14.8. The minimum atomic E-state index is 0.825. The van der Waals surface area contributed by atoms with E-state index in [1.807, 2.05) is 0 Å². The van der Waals surface area contributed by atoms with Crippen LogP contribution in [-0.4, -0.2) is 9.97 Å². The van der Waals surface area contributed by atoms with Crippen LogP contribution in [0.3, 0.4) is 0 Å². The maximum atomic E-state index is 5.87. The summed E-state index contributed by atoms with van der Waals surface area (Å²) in [4.78, 5) is 11.7. The van der Waals surface area contributed by atoms with Gasteiger partial charge in [0.1, 0.15) is 0 Å². The van der Waals surface area contributed by atoms with Crippen LogP contribution in [0.25, 0.3) is 143 Å². The molecule has 0 spiro atoms. The van der Waals surface area contributed by atoms with Crippen molar-refractivity contribution in [2.45, 2.75) is 0 Å². The summed E-state index contributed by atoms with van der Waals surface area (Å²) < 4.78 is 0. The lowest BCUT2D eigenvalue weighted by molar-refractivity contribution is 1.29. The number of nitrogens with zero attached hydrogens (tertiary/aromatic N) is 2. The second-order valence-electron chi connectivity index (χ2n) is 19.2. The Balaban J connectivity index is 1.01. The van der Waals surface area contributed by atoms with Gasteiger partial charge in [-0.1, -0.05) is 255 Å². The molecule has 0 atom stereocenters. The molecule has 0 aliphatic heterocycles. The number of hydrogen-bond donors (Lipinski definition) is 0. The lowest BCUT2D eigenvalue weighted by Crippen LogP contribution is -1.99. The van der Waals surface area contributed by atoms with Gasteiger partial charge in [0.25, 0.3) is 0 Å². The van der Waals surface area contributed by atoms with Crippen molar-refractivity contribution in [3.05, 3.63) is 279 Å². The van der Waals surface area contributed by atoms with E-state index < -0.39 is 0 Å². The normalized spacial score (nSPS) is 11.5. The molecule has 14 aromatic rings. The van der Waals surface area contributed by atoms with E-state index in [4.69, 9.17) is 9.97 Å². The van der Waals surface area contributed by atoms with E-state index >= 15 is 0 Å². The molecule has 1 aromatic heterocycles. The van der Waals surface area contributed by atoms with E-state index in [2.05, 4.69) is 279 Å². The molecule has 0 aliphatic carbocycles. The first-order valence-corrected chi connectivity index (χ1v) is 25.4. The monoisotopic (exact) mass is 938 g/mol. The lowest BCUT2D eigenvalue weighted by Gasteiger charge is -2.18. The Morgan fingerprint density at radius 3 is 0.851 bits per heavy atom. The summed E-state index contributed by atoms with van der Waals surface area (Å²) >= 11 is 0. The van der Waals surface area contributed by atoms with E-state index in [1.54, 1.807) is 0 Å². The minimum absolute atomic E-state index is 0.825. The summed E-state index contributed by atoms with van der Waals surface area (Å²) in [6, 6.07) is 101. The number of hydrogen-bond acceptors (Lipinski definition) is 2. The maximum Gasteiger partial charge on any atom is 0.0979 e. The molecule has 0 N–H and O–H groups in total. The van der Waals surface area contributed by atoms with Gasteiger partial charge in [-0.15, -0.1) is 0 Å². The topological polar surface area (TPSA) is 25.8 Å². The molecular formula is C72H46N2. The maximum absolute atomic E-state index is 5.87. The van der Waals surface area contributed by atoms with Gasteiger partial charge in [-0.2, -0.15) is 0 Å². The summed E-state index contributed by atoms with van der Waals surface area (Å²) in [5.41, 5.74) is 19.0. The molecule has 13 aromatic carbocycles. The Bertz CT molecular complexity index is 4050. The fourth-order valence-corrected chi connectivity index (χ4v) is 11.2. The molecule has 0 unspecified atom stereocenters. The van der Waals surface area contributed by atoms with Crippen molar-refractivity contribution in [3.8, 4) is 89.3 Å². The Kier molecular flexibility index (Phi) is 10.6. The van der Waals surface area contributed by atoms with Crippen molar-refractivity contribution < 1.29 is 0 Å². The van der Waals surface area contributed by atoms with Crippen LogP contribution in [-0.2, 0) is 0 Å². The summed E-state index contributed by atoms with van der Waals surface area (Å²) in [6.45, 7) is 0. The first-order chi connectivity index (χ1) is 36.7. The Morgan fingerprint density at radius 2 is 0.486 bits per heavy atom. The third kappa shape index (κ3) is 7.60. The second kappa shape index (κ2) is 18.1. The molecule has 14 rings (SSSR count). The van der Waals surface area contributed by atoms with Crippen molar-refractivity contribution in [3.63, 3.8) is 0 Å². The highest BCUT2D eigenvalue weighted by molar-refractivity contribution is 6.14. The van der Waals surface area contributed by atoms with Crippen LogP contribution in [0, 0.1) is 0 Å². The van der Waals surface area contributed by atoms with Crippen molar-refractivity contribution in [2.24, 2.45) is 0 Å². The van der Waals surface area contributed by atoms with Crippen LogP contribution < -0.4 is 0 Å². The highest BCUT2D eigenvalue weighted by Gasteiger charge is 2.21. The van der Waals surface area contributed by atoms with E-state index in [0.717, 1.165) is 78.1 Å². The molecule has 344 valence electrons. The quantitative estimate of drug-likeness (QED) is 0.142. The molecule has 2 nitrogen and oxygen atoms in total. The average Bonchev–Trinajstić information content (AvgIpc) is 3.48. The molecule has 0 aliphatic rings. The summed E-state index contributed by atoms with van der Waals surface area (Å²) in [5, 5.41) is 9.82. The predicted octanol–water partition coefficient (Wildman–Crippen LogP) is 19.6. The fourth-order valence-electron chi connectivity index (χ4n) is 11.2. The highest BCUT2D eigenvalue weighted by Crippen LogP contribution is 2.43. The van der Waals surface area contributed by atoms with Gasteiger partial charge in [-0.25, -0.2) is 9.97 Å². The summed E-state index contributed by atoms with van der Waals surface area (Å²) in [6.07, 6.45) is 0. The van der Waals surface area contributed by atoms with Gasteiger partial charge in [-0.3, -0.25) is 0 Å². The van der Waals surface area contributed by atoms with Crippen LogP contribution in [0.15, 0.2) is 279 Å². The zero-order valence-electron chi connectivity index (χ0n) is 40.5. The Labute approximate surface area is 430 Å². The van der Waals surface area contributed by atoms with Crippen LogP contribution in [0.4, 0.5) is 0 Å². The first-order valence-electron chi connectivity index (χ1n) is 25.4. The van der Waals surface area contributed by atoms with Gasteiger partial charge in [0.2, 0.25) is 0 Å². The molecule has 2 heteroatoms. The first kappa shape index (κ1) is 43.1. The molecule has 0 saturated heterocycles. The van der Waals surface area contributed by atoms with Crippen molar-refractivity contribution in [1.82, 2.24) is 9.97 Å². The van der Waals surface area contributed by atoms with Gasteiger partial charge < -0.3 is 0 Å². The zero-order valence-corrected chi connectivity index (χ0v) is 40.5. The number of aromatic nitrogens is 2. The third-order valence-electron chi connectivity index (χ3n) is 14.8. The zero-order chi connectivity index (χ0) is 49.0. The van der Waals surface area contributed by atoms with Gasteiger partial charge in [0, 0.05) is 22.3 Å². The third-order valence-corrected chi connectivity index (χ3v) is 14.8. The van der Waals surface area contributed by atoms with Crippen molar-refractivity contribution in [1.29, 1.82) is 0 Å². The average molecular weight is 939 g/mol. The molecule has 0 saturated carbocycles. The molecule has 74 heavy (non-hydrogen) atoms. The van der Waals surface area contributed by atoms with Crippen LogP contribution in [0.5, 0.6) is 0 Å². The molecule has 0 bridgehead atoms. The molecule has 1 heterocycles.